The Bertz CT molecular complexity index is 529. The highest BCUT2D eigenvalue weighted by Gasteiger charge is 2.31. The highest BCUT2D eigenvalue weighted by molar-refractivity contribution is 5.82. The summed E-state index contributed by atoms with van der Waals surface area (Å²) in [5.74, 6) is -0.785. The Morgan fingerprint density at radius 1 is 1.33 bits per heavy atom. The number of hydrogen-bond acceptors (Lipinski definition) is 4. The Labute approximate surface area is 125 Å². The molecular weight excluding hydrogens is 268 g/mol. The lowest BCUT2D eigenvalue weighted by Gasteiger charge is -2.22. The number of esters is 2. The van der Waals surface area contributed by atoms with Gasteiger partial charge in [0.1, 0.15) is 6.61 Å². The summed E-state index contributed by atoms with van der Waals surface area (Å²) in [5, 5.41) is 0. The Kier molecular flexibility index (Phi) is 5.70. The topological polar surface area (TPSA) is 52.6 Å². The van der Waals surface area contributed by atoms with Crippen molar-refractivity contribution < 1.29 is 19.1 Å². The maximum Gasteiger partial charge on any atom is 0.320 e. The van der Waals surface area contributed by atoms with Crippen molar-refractivity contribution >= 4 is 11.9 Å². The molecule has 0 aromatic heterocycles. The Morgan fingerprint density at radius 3 is 2.57 bits per heavy atom. The maximum atomic E-state index is 12.0. The lowest BCUT2D eigenvalue weighted by atomic mass is 9.84. The van der Waals surface area contributed by atoms with E-state index in [9.17, 15) is 9.59 Å². The Morgan fingerprint density at radius 2 is 2.00 bits per heavy atom. The smallest absolute Gasteiger partial charge is 0.320 e. The minimum Gasteiger partial charge on any atom is -0.461 e. The zero-order chi connectivity index (χ0) is 16.0. The molecule has 114 valence electrons. The number of hydrogen-bond donors (Lipinski definition) is 0. The first-order valence-corrected chi connectivity index (χ1v) is 6.87. The van der Waals surface area contributed by atoms with Crippen molar-refractivity contribution in [3.63, 3.8) is 0 Å². The summed E-state index contributed by atoms with van der Waals surface area (Å²) < 4.78 is 10.1. The first-order chi connectivity index (χ1) is 9.78. The fourth-order valence-electron chi connectivity index (χ4n) is 1.71. The van der Waals surface area contributed by atoms with E-state index in [1.54, 1.807) is 27.7 Å². The molecule has 0 atom stereocenters. The normalized spacial score (nSPS) is 11.1. The van der Waals surface area contributed by atoms with E-state index >= 15 is 0 Å². The molecule has 0 unspecified atom stereocenters. The van der Waals surface area contributed by atoms with Gasteiger partial charge in [0, 0.05) is 0 Å². The quantitative estimate of drug-likeness (QED) is 0.595. The number of rotatable bonds is 6. The molecule has 0 bridgehead atoms. The molecule has 0 radical (unpaired) electrons. The van der Waals surface area contributed by atoms with Gasteiger partial charge in [0.2, 0.25) is 0 Å². The first kappa shape index (κ1) is 17.0. The van der Waals surface area contributed by atoms with E-state index in [0.29, 0.717) is 0 Å². The molecule has 0 aliphatic heterocycles. The second-order valence-electron chi connectivity index (χ2n) is 5.66. The second-order valence-corrected chi connectivity index (χ2v) is 5.66. The van der Waals surface area contributed by atoms with Crippen LogP contribution in [-0.2, 0) is 31.1 Å². The van der Waals surface area contributed by atoms with Gasteiger partial charge in [-0.15, -0.1) is 0 Å². The third-order valence-electron chi connectivity index (χ3n) is 3.20. The molecule has 0 aliphatic rings. The van der Waals surface area contributed by atoms with Crippen LogP contribution in [0.3, 0.4) is 0 Å². The van der Waals surface area contributed by atoms with Gasteiger partial charge in [0.25, 0.3) is 0 Å². The van der Waals surface area contributed by atoms with Crippen molar-refractivity contribution in [2.75, 3.05) is 0 Å². The zero-order valence-electron chi connectivity index (χ0n) is 13.0. The van der Waals surface area contributed by atoms with Gasteiger partial charge in [0.15, 0.2) is 0 Å². The van der Waals surface area contributed by atoms with E-state index in [2.05, 4.69) is 6.58 Å². The summed E-state index contributed by atoms with van der Waals surface area (Å²) in [6.45, 7) is 10.7. The van der Waals surface area contributed by atoms with Crippen molar-refractivity contribution in [3.05, 3.63) is 48.2 Å². The molecular formula is C17H22O4. The lowest BCUT2D eigenvalue weighted by molar-refractivity contribution is -0.148. The number of carbonyl (C=O) groups is 2. The van der Waals surface area contributed by atoms with Crippen molar-refractivity contribution in [2.24, 2.45) is 5.92 Å². The zero-order valence-corrected chi connectivity index (χ0v) is 13.0. The van der Waals surface area contributed by atoms with E-state index < -0.39 is 5.41 Å². The molecule has 4 nitrogen and oxygen atoms in total. The summed E-state index contributed by atoms with van der Waals surface area (Å²) in [6, 6.07) is 7.37. The predicted molar refractivity (Wildman–Crippen MR) is 80.4 cm³/mol. The molecule has 0 aliphatic carbocycles. The third-order valence-corrected chi connectivity index (χ3v) is 3.20. The molecule has 0 saturated heterocycles. The van der Waals surface area contributed by atoms with Crippen LogP contribution in [0.5, 0.6) is 0 Å². The van der Waals surface area contributed by atoms with Gasteiger partial charge in [-0.2, -0.15) is 0 Å². The molecule has 0 fully saturated rings. The fourth-order valence-corrected chi connectivity index (χ4v) is 1.71. The SMILES string of the molecule is C=COC(=O)C(C)(C)c1cccc(COC(=O)C(C)C)c1. The Hall–Kier alpha value is -2.10. The minimum atomic E-state index is -0.799. The summed E-state index contributed by atoms with van der Waals surface area (Å²) >= 11 is 0. The van der Waals surface area contributed by atoms with Crippen molar-refractivity contribution in [2.45, 2.75) is 39.7 Å². The van der Waals surface area contributed by atoms with Crippen molar-refractivity contribution in [1.82, 2.24) is 0 Å². The van der Waals surface area contributed by atoms with Crippen LogP contribution in [-0.4, -0.2) is 11.9 Å². The van der Waals surface area contributed by atoms with Gasteiger partial charge < -0.3 is 9.47 Å². The van der Waals surface area contributed by atoms with Crippen LogP contribution >= 0.6 is 0 Å². The molecule has 0 N–H and O–H groups in total. The average molecular weight is 290 g/mol. The molecule has 1 aromatic rings. The summed E-state index contributed by atoms with van der Waals surface area (Å²) in [4.78, 5) is 23.4. The summed E-state index contributed by atoms with van der Waals surface area (Å²) in [7, 11) is 0. The molecule has 0 amide bonds. The summed E-state index contributed by atoms with van der Waals surface area (Å²) in [5.41, 5.74) is 0.833. The van der Waals surface area contributed by atoms with E-state index in [1.165, 1.54) is 0 Å². The van der Waals surface area contributed by atoms with E-state index in [-0.39, 0.29) is 24.5 Å². The molecule has 0 spiro atoms. The van der Waals surface area contributed by atoms with E-state index in [1.807, 2.05) is 24.3 Å². The van der Waals surface area contributed by atoms with Gasteiger partial charge in [-0.25, -0.2) is 0 Å². The molecule has 21 heavy (non-hydrogen) atoms. The minimum absolute atomic E-state index is 0.160. The largest absolute Gasteiger partial charge is 0.461 e. The average Bonchev–Trinajstić information content (AvgIpc) is 2.45. The van der Waals surface area contributed by atoms with Crippen LogP contribution in [0.2, 0.25) is 0 Å². The van der Waals surface area contributed by atoms with Gasteiger partial charge in [-0.1, -0.05) is 44.7 Å². The highest BCUT2D eigenvalue weighted by Crippen LogP contribution is 2.26. The lowest BCUT2D eigenvalue weighted by Crippen LogP contribution is -2.30. The van der Waals surface area contributed by atoms with Crippen LogP contribution in [0, 0.1) is 5.92 Å². The number of benzene rings is 1. The van der Waals surface area contributed by atoms with Crippen molar-refractivity contribution in [3.8, 4) is 0 Å². The molecule has 0 saturated carbocycles. The molecule has 0 heterocycles. The standard InChI is InChI=1S/C17H22O4/c1-6-20-16(19)17(4,5)14-9-7-8-13(10-14)11-21-15(18)12(2)3/h6-10,12H,1,11H2,2-5H3. The maximum absolute atomic E-state index is 12.0. The molecule has 1 aromatic carbocycles. The van der Waals surface area contributed by atoms with Gasteiger partial charge >= 0.3 is 11.9 Å². The Balaban J connectivity index is 2.87. The first-order valence-electron chi connectivity index (χ1n) is 6.87. The third kappa shape index (κ3) is 4.45. The van der Waals surface area contributed by atoms with Gasteiger partial charge in [-0.05, 0) is 25.0 Å². The summed E-state index contributed by atoms with van der Waals surface area (Å²) in [6.07, 6.45) is 1.12. The number of ether oxygens (including phenoxy) is 2. The fraction of sp³-hybridized carbons (Fsp3) is 0.412. The predicted octanol–water partition coefficient (Wildman–Crippen LogP) is 3.35. The van der Waals surface area contributed by atoms with Gasteiger partial charge in [-0.3, -0.25) is 9.59 Å². The van der Waals surface area contributed by atoms with Crippen LogP contribution in [0.15, 0.2) is 37.1 Å². The second kappa shape index (κ2) is 7.07. The van der Waals surface area contributed by atoms with Crippen LogP contribution < -0.4 is 0 Å². The monoisotopic (exact) mass is 290 g/mol. The van der Waals surface area contributed by atoms with Crippen molar-refractivity contribution in [1.29, 1.82) is 0 Å². The highest BCUT2D eigenvalue weighted by atomic mass is 16.5. The van der Waals surface area contributed by atoms with E-state index in [0.717, 1.165) is 17.4 Å². The van der Waals surface area contributed by atoms with Crippen LogP contribution in [0.25, 0.3) is 0 Å². The number of carbonyl (C=O) groups excluding carboxylic acids is 2. The van der Waals surface area contributed by atoms with Crippen LogP contribution in [0.4, 0.5) is 0 Å². The van der Waals surface area contributed by atoms with Gasteiger partial charge in [0.05, 0.1) is 17.6 Å². The van der Waals surface area contributed by atoms with Crippen LogP contribution in [0.1, 0.15) is 38.8 Å². The molecule has 1 rings (SSSR count). The van der Waals surface area contributed by atoms with E-state index in [4.69, 9.17) is 9.47 Å². The molecule has 4 heteroatoms.